The van der Waals surface area contributed by atoms with Crippen LogP contribution in [0.2, 0.25) is 0 Å². The summed E-state index contributed by atoms with van der Waals surface area (Å²) in [5, 5.41) is 6.21. The standard InChI is InChI=1S/C24H22N2OS/c1-17-21(16-23(27)25-14-13-19-10-7-15-28-19)24(18-8-3-2-4-9-18)20-11-5-6-12-22(20)26-17/h2-12,15H,13-14,16H2,1H3,(H,25,27). The molecule has 0 saturated carbocycles. The van der Waals surface area contributed by atoms with Gasteiger partial charge in [0, 0.05) is 22.5 Å². The van der Waals surface area contributed by atoms with Gasteiger partial charge in [-0.05, 0) is 47.5 Å². The fourth-order valence-electron chi connectivity index (χ4n) is 3.53. The predicted octanol–water partition coefficient (Wildman–Crippen LogP) is 5.17. The summed E-state index contributed by atoms with van der Waals surface area (Å²) in [4.78, 5) is 18.7. The lowest BCUT2D eigenvalue weighted by molar-refractivity contribution is -0.120. The molecule has 3 nitrogen and oxygen atoms in total. The molecule has 1 N–H and O–H groups in total. The highest BCUT2D eigenvalue weighted by molar-refractivity contribution is 7.09. The molecule has 0 radical (unpaired) electrons. The zero-order valence-electron chi connectivity index (χ0n) is 15.8. The quantitative estimate of drug-likeness (QED) is 0.496. The minimum atomic E-state index is 0.0360. The molecule has 0 spiro atoms. The number of para-hydroxylation sites is 1. The molecule has 0 aliphatic carbocycles. The largest absolute Gasteiger partial charge is 0.355 e. The Morgan fingerprint density at radius 2 is 1.79 bits per heavy atom. The van der Waals surface area contributed by atoms with Crippen LogP contribution in [0.5, 0.6) is 0 Å². The maximum atomic E-state index is 12.7. The van der Waals surface area contributed by atoms with Crippen molar-refractivity contribution in [3.63, 3.8) is 0 Å². The van der Waals surface area contributed by atoms with Gasteiger partial charge < -0.3 is 5.32 Å². The van der Waals surface area contributed by atoms with E-state index in [2.05, 4.69) is 35.0 Å². The van der Waals surface area contributed by atoms with Crippen molar-refractivity contribution in [2.75, 3.05) is 6.54 Å². The summed E-state index contributed by atoms with van der Waals surface area (Å²) < 4.78 is 0. The first-order valence-corrected chi connectivity index (χ1v) is 10.3. The molecule has 0 aliphatic heterocycles. The van der Waals surface area contributed by atoms with Crippen molar-refractivity contribution in [3.8, 4) is 11.1 Å². The van der Waals surface area contributed by atoms with Crippen LogP contribution in [0.25, 0.3) is 22.0 Å². The molecule has 0 bridgehead atoms. The summed E-state index contributed by atoms with van der Waals surface area (Å²) in [6, 6.07) is 22.5. The summed E-state index contributed by atoms with van der Waals surface area (Å²) in [7, 11) is 0. The van der Waals surface area contributed by atoms with Crippen molar-refractivity contribution in [3.05, 3.63) is 88.2 Å². The van der Waals surface area contributed by atoms with Gasteiger partial charge in [0.2, 0.25) is 5.91 Å². The lowest BCUT2D eigenvalue weighted by Gasteiger charge is -2.16. The maximum Gasteiger partial charge on any atom is 0.224 e. The average molecular weight is 387 g/mol. The summed E-state index contributed by atoms with van der Waals surface area (Å²) >= 11 is 1.72. The third-order valence-corrected chi connectivity index (χ3v) is 5.81. The Balaban J connectivity index is 1.64. The molecule has 4 heteroatoms. The minimum Gasteiger partial charge on any atom is -0.355 e. The van der Waals surface area contributed by atoms with E-state index in [0.717, 1.165) is 39.7 Å². The second kappa shape index (κ2) is 8.36. The highest BCUT2D eigenvalue weighted by atomic mass is 32.1. The SMILES string of the molecule is Cc1nc2ccccc2c(-c2ccccc2)c1CC(=O)NCCc1cccs1. The number of nitrogens with zero attached hydrogens (tertiary/aromatic N) is 1. The van der Waals surface area contributed by atoms with E-state index in [1.54, 1.807) is 11.3 Å². The first-order chi connectivity index (χ1) is 13.7. The van der Waals surface area contributed by atoms with E-state index in [4.69, 9.17) is 4.98 Å². The molecule has 1 amide bonds. The van der Waals surface area contributed by atoms with Crippen LogP contribution in [0.1, 0.15) is 16.1 Å². The molecule has 0 unspecified atom stereocenters. The van der Waals surface area contributed by atoms with Crippen LogP contribution in [0.4, 0.5) is 0 Å². The Morgan fingerprint density at radius 1 is 1.00 bits per heavy atom. The van der Waals surface area contributed by atoms with Crippen LogP contribution in [0.15, 0.2) is 72.1 Å². The summed E-state index contributed by atoms with van der Waals surface area (Å²) in [5.41, 5.74) is 5.09. The molecule has 0 fully saturated rings. The zero-order valence-corrected chi connectivity index (χ0v) is 16.6. The summed E-state index contributed by atoms with van der Waals surface area (Å²) in [5.74, 6) is 0.0360. The van der Waals surface area contributed by atoms with Gasteiger partial charge in [0.25, 0.3) is 0 Å². The van der Waals surface area contributed by atoms with E-state index in [1.807, 2.05) is 49.4 Å². The highest BCUT2D eigenvalue weighted by Crippen LogP contribution is 2.33. The number of nitrogens with one attached hydrogen (secondary N) is 1. The number of rotatable bonds is 6. The first kappa shape index (κ1) is 18.4. The average Bonchev–Trinajstić information content (AvgIpc) is 3.23. The third kappa shape index (κ3) is 3.97. The Morgan fingerprint density at radius 3 is 2.57 bits per heavy atom. The number of aryl methyl sites for hydroxylation is 1. The number of fused-ring (bicyclic) bond motifs is 1. The van der Waals surface area contributed by atoms with E-state index < -0.39 is 0 Å². The van der Waals surface area contributed by atoms with Gasteiger partial charge >= 0.3 is 0 Å². The van der Waals surface area contributed by atoms with Crippen molar-refractivity contribution in [1.29, 1.82) is 0 Å². The molecular weight excluding hydrogens is 364 g/mol. The molecule has 0 saturated heterocycles. The van der Waals surface area contributed by atoms with Gasteiger partial charge in [0.05, 0.1) is 11.9 Å². The molecule has 2 heterocycles. The van der Waals surface area contributed by atoms with E-state index in [9.17, 15) is 4.79 Å². The van der Waals surface area contributed by atoms with Gasteiger partial charge in [-0.15, -0.1) is 11.3 Å². The molecule has 4 aromatic rings. The van der Waals surface area contributed by atoms with E-state index in [-0.39, 0.29) is 5.91 Å². The second-order valence-electron chi connectivity index (χ2n) is 6.79. The number of hydrogen-bond donors (Lipinski definition) is 1. The number of amides is 1. The van der Waals surface area contributed by atoms with E-state index >= 15 is 0 Å². The van der Waals surface area contributed by atoms with Crippen molar-refractivity contribution >= 4 is 28.1 Å². The van der Waals surface area contributed by atoms with Gasteiger partial charge in [0.15, 0.2) is 0 Å². The Hall–Kier alpha value is -2.98. The summed E-state index contributed by atoms with van der Waals surface area (Å²) in [6.45, 7) is 2.65. The molecule has 4 rings (SSSR count). The van der Waals surface area contributed by atoms with Gasteiger partial charge in [-0.25, -0.2) is 0 Å². The first-order valence-electron chi connectivity index (χ1n) is 9.45. The molecule has 0 atom stereocenters. The van der Waals surface area contributed by atoms with Crippen LogP contribution in [-0.2, 0) is 17.6 Å². The Bertz CT molecular complexity index is 1090. The number of carbonyl (C=O) groups is 1. The Labute approximate surface area is 169 Å². The van der Waals surface area contributed by atoms with E-state index in [1.165, 1.54) is 4.88 Å². The molecule has 140 valence electrons. The number of aromatic nitrogens is 1. The van der Waals surface area contributed by atoms with Crippen molar-refractivity contribution in [2.24, 2.45) is 0 Å². The fourth-order valence-corrected chi connectivity index (χ4v) is 4.24. The molecular formula is C24H22N2OS. The van der Waals surface area contributed by atoms with Crippen LogP contribution in [0.3, 0.4) is 0 Å². The van der Waals surface area contributed by atoms with Crippen molar-refractivity contribution in [2.45, 2.75) is 19.8 Å². The van der Waals surface area contributed by atoms with Gasteiger partial charge in [0.1, 0.15) is 0 Å². The Kier molecular flexibility index (Phi) is 5.49. The van der Waals surface area contributed by atoms with Gasteiger partial charge in [-0.2, -0.15) is 0 Å². The van der Waals surface area contributed by atoms with Crippen molar-refractivity contribution < 1.29 is 4.79 Å². The molecule has 2 aromatic heterocycles. The number of hydrogen-bond acceptors (Lipinski definition) is 3. The lowest BCUT2D eigenvalue weighted by atomic mass is 9.92. The smallest absolute Gasteiger partial charge is 0.224 e. The molecule has 28 heavy (non-hydrogen) atoms. The zero-order chi connectivity index (χ0) is 19.3. The number of carbonyl (C=O) groups excluding carboxylic acids is 1. The predicted molar refractivity (Wildman–Crippen MR) is 117 cm³/mol. The number of thiophene rings is 1. The molecule has 2 aromatic carbocycles. The van der Waals surface area contributed by atoms with E-state index in [0.29, 0.717) is 13.0 Å². The van der Waals surface area contributed by atoms with Gasteiger partial charge in [-0.3, -0.25) is 9.78 Å². The van der Waals surface area contributed by atoms with Crippen LogP contribution < -0.4 is 5.32 Å². The monoisotopic (exact) mass is 386 g/mol. The number of benzene rings is 2. The maximum absolute atomic E-state index is 12.7. The normalized spacial score (nSPS) is 10.9. The van der Waals surface area contributed by atoms with Crippen molar-refractivity contribution in [1.82, 2.24) is 10.3 Å². The number of pyridine rings is 1. The van der Waals surface area contributed by atoms with Crippen LogP contribution in [-0.4, -0.2) is 17.4 Å². The van der Waals surface area contributed by atoms with Gasteiger partial charge in [-0.1, -0.05) is 54.6 Å². The van der Waals surface area contributed by atoms with Crippen LogP contribution in [0, 0.1) is 6.92 Å². The molecule has 0 aliphatic rings. The fraction of sp³-hybridized carbons (Fsp3) is 0.167. The minimum absolute atomic E-state index is 0.0360. The lowest BCUT2D eigenvalue weighted by Crippen LogP contribution is -2.27. The second-order valence-corrected chi connectivity index (χ2v) is 7.82. The summed E-state index contributed by atoms with van der Waals surface area (Å²) in [6.07, 6.45) is 1.20. The topological polar surface area (TPSA) is 42.0 Å². The third-order valence-electron chi connectivity index (χ3n) is 4.87. The highest BCUT2D eigenvalue weighted by Gasteiger charge is 2.17. The van der Waals surface area contributed by atoms with Crippen LogP contribution >= 0.6 is 11.3 Å².